The largest absolute Gasteiger partial charge is 0.381 e. The van der Waals surface area contributed by atoms with Crippen molar-refractivity contribution in [3.05, 3.63) is 18.1 Å². The second-order valence-electron chi connectivity index (χ2n) is 1.99. The average Bonchev–Trinajstić information content (AvgIpc) is 1.94. The molecule has 1 aromatic heterocycles. The van der Waals surface area contributed by atoms with E-state index in [1.54, 1.807) is 0 Å². The Labute approximate surface area is 65.9 Å². The normalized spacial score (nSPS) is 12.9. The van der Waals surface area contributed by atoms with Gasteiger partial charge in [-0.2, -0.15) is 0 Å². The van der Waals surface area contributed by atoms with E-state index in [1.165, 1.54) is 12.5 Å². The molecule has 0 saturated heterocycles. The topological polar surface area (TPSA) is 56.0 Å². The minimum atomic E-state index is -1.21. The summed E-state index contributed by atoms with van der Waals surface area (Å²) in [6, 6.07) is 1.12. The second kappa shape index (κ2) is 2.96. The van der Waals surface area contributed by atoms with Crippen LogP contribution >= 0.6 is 0 Å². The van der Waals surface area contributed by atoms with Crippen molar-refractivity contribution in [3.63, 3.8) is 0 Å². The van der Waals surface area contributed by atoms with Crippen LogP contribution in [0.25, 0.3) is 0 Å². The summed E-state index contributed by atoms with van der Waals surface area (Å²) < 4.78 is 23.4. The third-order valence-corrected chi connectivity index (χ3v) is 2.06. The minimum Gasteiger partial charge on any atom is -0.381 e. The second-order valence-corrected chi connectivity index (χ2v) is 3.37. The maximum atomic E-state index is 12.6. The predicted molar refractivity (Wildman–Crippen MR) is 40.9 cm³/mol. The van der Waals surface area contributed by atoms with Crippen LogP contribution in [0.15, 0.2) is 17.2 Å². The Morgan fingerprint density at radius 2 is 2.36 bits per heavy atom. The van der Waals surface area contributed by atoms with E-state index in [0.717, 1.165) is 6.07 Å². The van der Waals surface area contributed by atoms with Crippen molar-refractivity contribution >= 4 is 16.6 Å². The molecule has 1 heterocycles. The third kappa shape index (κ3) is 1.74. The predicted octanol–water partition coefficient (Wildman–Crippen LogP) is 0.540. The molecule has 1 rings (SSSR count). The third-order valence-electron chi connectivity index (χ3n) is 1.18. The van der Waals surface area contributed by atoms with Gasteiger partial charge in [-0.05, 0) is 6.07 Å². The van der Waals surface area contributed by atoms with Crippen LogP contribution in [0.2, 0.25) is 0 Å². The van der Waals surface area contributed by atoms with Crippen LogP contribution in [-0.2, 0) is 10.8 Å². The number of nitrogens with two attached hydrogens (primary N) is 1. The summed E-state index contributed by atoms with van der Waals surface area (Å²) >= 11 is 0. The number of aromatic nitrogens is 1. The highest BCUT2D eigenvalue weighted by Crippen LogP contribution is 2.10. The molecule has 0 aliphatic heterocycles. The van der Waals surface area contributed by atoms with Crippen LogP contribution < -0.4 is 5.73 Å². The van der Waals surface area contributed by atoms with Crippen LogP contribution in [0, 0.1) is 5.82 Å². The first-order chi connectivity index (χ1) is 5.11. The van der Waals surface area contributed by atoms with Gasteiger partial charge in [0.2, 0.25) is 0 Å². The quantitative estimate of drug-likeness (QED) is 0.676. The van der Waals surface area contributed by atoms with Gasteiger partial charge >= 0.3 is 0 Å². The molecule has 0 amide bonds. The van der Waals surface area contributed by atoms with E-state index in [0.29, 0.717) is 4.90 Å². The Balaban J connectivity index is 3.15. The summed E-state index contributed by atoms with van der Waals surface area (Å²) in [5, 5.41) is 0. The highest BCUT2D eigenvalue weighted by atomic mass is 32.2. The lowest BCUT2D eigenvalue weighted by molar-refractivity contribution is 0.621. The van der Waals surface area contributed by atoms with Gasteiger partial charge in [-0.25, -0.2) is 9.37 Å². The van der Waals surface area contributed by atoms with E-state index in [1.807, 2.05) is 0 Å². The van der Waals surface area contributed by atoms with Gasteiger partial charge in [0, 0.05) is 12.5 Å². The molecular formula is C6H7FN2OS. The molecule has 0 radical (unpaired) electrons. The first-order valence-electron chi connectivity index (χ1n) is 2.85. The molecule has 1 unspecified atom stereocenters. The summed E-state index contributed by atoms with van der Waals surface area (Å²) in [5.74, 6) is -0.795. The van der Waals surface area contributed by atoms with E-state index < -0.39 is 16.6 Å². The van der Waals surface area contributed by atoms with Crippen LogP contribution in [0.3, 0.4) is 0 Å². The Bertz CT molecular complexity index is 303. The summed E-state index contributed by atoms with van der Waals surface area (Å²) in [6.07, 6.45) is 2.75. The molecule has 5 heteroatoms. The number of rotatable bonds is 1. The molecule has 2 N–H and O–H groups in total. The number of nitrogens with zero attached hydrogens (tertiary/aromatic N) is 1. The zero-order valence-corrected chi connectivity index (χ0v) is 6.69. The van der Waals surface area contributed by atoms with Gasteiger partial charge in [0.1, 0.15) is 0 Å². The van der Waals surface area contributed by atoms with Gasteiger partial charge in [-0.3, -0.25) is 4.21 Å². The fourth-order valence-corrected chi connectivity index (χ4v) is 1.06. The molecular weight excluding hydrogens is 167 g/mol. The van der Waals surface area contributed by atoms with E-state index in [-0.39, 0.29) is 5.82 Å². The van der Waals surface area contributed by atoms with Crippen molar-refractivity contribution < 1.29 is 8.60 Å². The monoisotopic (exact) mass is 174 g/mol. The van der Waals surface area contributed by atoms with Crippen LogP contribution in [0.5, 0.6) is 0 Å². The zero-order valence-electron chi connectivity index (χ0n) is 5.87. The first kappa shape index (κ1) is 8.13. The van der Waals surface area contributed by atoms with Crippen molar-refractivity contribution in [3.8, 4) is 0 Å². The lowest BCUT2D eigenvalue weighted by Crippen LogP contribution is -1.97. The summed E-state index contributed by atoms with van der Waals surface area (Å²) in [4.78, 5) is 3.85. The van der Waals surface area contributed by atoms with Crippen molar-refractivity contribution in [2.24, 2.45) is 0 Å². The molecule has 1 aromatic rings. The molecule has 0 bridgehead atoms. The average molecular weight is 174 g/mol. The SMILES string of the molecule is CS(=O)c1cnc(N)c(F)c1. The van der Waals surface area contributed by atoms with Crippen LogP contribution in [0.1, 0.15) is 0 Å². The highest BCUT2D eigenvalue weighted by Gasteiger charge is 2.02. The number of hydrogen-bond donors (Lipinski definition) is 1. The van der Waals surface area contributed by atoms with Crippen molar-refractivity contribution in [1.82, 2.24) is 4.98 Å². The lowest BCUT2D eigenvalue weighted by Gasteiger charge is -1.97. The summed E-state index contributed by atoms with van der Waals surface area (Å²) in [6.45, 7) is 0. The standard InChI is InChI=1S/C6H7FN2OS/c1-11(10)4-2-5(7)6(8)9-3-4/h2-3H,1H3,(H2,8,9). The van der Waals surface area contributed by atoms with Gasteiger partial charge in [0.15, 0.2) is 11.6 Å². The Kier molecular flexibility index (Phi) is 2.19. The molecule has 60 valence electrons. The number of pyridine rings is 1. The number of anilines is 1. The zero-order chi connectivity index (χ0) is 8.43. The summed E-state index contributed by atoms with van der Waals surface area (Å²) in [7, 11) is -1.21. The maximum Gasteiger partial charge on any atom is 0.166 e. The summed E-state index contributed by atoms with van der Waals surface area (Å²) in [5.41, 5.74) is 5.10. The van der Waals surface area contributed by atoms with Crippen molar-refractivity contribution in [2.45, 2.75) is 4.90 Å². The minimum absolute atomic E-state index is 0.167. The lowest BCUT2D eigenvalue weighted by atomic mass is 10.4. The number of nitrogen functional groups attached to an aromatic ring is 1. The van der Waals surface area contributed by atoms with Gasteiger partial charge in [0.25, 0.3) is 0 Å². The molecule has 0 fully saturated rings. The molecule has 0 aliphatic carbocycles. The van der Waals surface area contributed by atoms with Crippen LogP contribution in [0.4, 0.5) is 10.2 Å². The van der Waals surface area contributed by atoms with Crippen molar-refractivity contribution in [1.29, 1.82) is 0 Å². The van der Waals surface area contributed by atoms with Gasteiger partial charge < -0.3 is 5.73 Å². The number of hydrogen-bond acceptors (Lipinski definition) is 3. The fourth-order valence-electron chi connectivity index (χ4n) is 0.588. The fraction of sp³-hybridized carbons (Fsp3) is 0.167. The molecule has 0 aromatic carbocycles. The van der Waals surface area contributed by atoms with E-state index in [4.69, 9.17) is 5.73 Å². The molecule has 0 aliphatic rings. The van der Waals surface area contributed by atoms with E-state index in [2.05, 4.69) is 4.98 Å². The molecule has 0 spiro atoms. The molecule has 1 atom stereocenters. The van der Waals surface area contributed by atoms with Gasteiger partial charge in [-0.15, -0.1) is 0 Å². The molecule has 3 nitrogen and oxygen atoms in total. The van der Waals surface area contributed by atoms with Crippen molar-refractivity contribution in [2.75, 3.05) is 12.0 Å². The highest BCUT2D eigenvalue weighted by molar-refractivity contribution is 7.84. The number of halogens is 1. The molecule has 0 saturated carbocycles. The van der Waals surface area contributed by atoms with Gasteiger partial charge in [0.05, 0.1) is 15.7 Å². The first-order valence-corrected chi connectivity index (χ1v) is 4.41. The Morgan fingerprint density at radius 3 is 2.82 bits per heavy atom. The Morgan fingerprint density at radius 1 is 1.73 bits per heavy atom. The smallest absolute Gasteiger partial charge is 0.166 e. The van der Waals surface area contributed by atoms with Crippen LogP contribution in [-0.4, -0.2) is 15.4 Å². The molecule has 11 heavy (non-hydrogen) atoms. The van der Waals surface area contributed by atoms with Gasteiger partial charge in [-0.1, -0.05) is 0 Å². The van der Waals surface area contributed by atoms with E-state index >= 15 is 0 Å². The van der Waals surface area contributed by atoms with E-state index in [9.17, 15) is 8.60 Å². The Hall–Kier alpha value is -0.970. The maximum absolute atomic E-state index is 12.6.